The summed E-state index contributed by atoms with van der Waals surface area (Å²) in [5.41, 5.74) is 7.99. The maximum atomic E-state index is 12.7. The molecule has 30 heavy (non-hydrogen) atoms. The van der Waals surface area contributed by atoms with Crippen LogP contribution in [0.5, 0.6) is 11.5 Å². The van der Waals surface area contributed by atoms with Crippen LogP contribution in [0.2, 0.25) is 0 Å². The lowest BCUT2D eigenvalue weighted by atomic mass is 9.67. The number of ether oxygens (including phenoxy) is 2. The van der Waals surface area contributed by atoms with Gasteiger partial charge in [-0.25, -0.2) is 4.98 Å². The lowest BCUT2D eigenvalue weighted by molar-refractivity contribution is -0.122. The van der Waals surface area contributed by atoms with Crippen LogP contribution in [0.1, 0.15) is 37.8 Å². The van der Waals surface area contributed by atoms with Crippen molar-refractivity contribution in [3.63, 3.8) is 0 Å². The topological polar surface area (TPSA) is 86.5 Å². The lowest BCUT2D eigenvalue weighted by Crippen LogP contribution is -2.54. The van der Waals surface area contributed by atoms with Gasteiger partial charge < -0.3 is 20.5 Å². The summed E-state index contributed by atoms with van der Waals surface area (Å²) in [6, 6.07) is 6.40. The Morgan fingerprint density at radius 3 is 2.67 bits per heavy atom. The molecule has 6 nitrogen and oxygen atoms in total. The number of hydrogen-bond acceptors (Lipinski definition) is 6. The van der Waals surface area contributed by atoms with E-state index < -0.39 is 0 Å². The van der Waals surface area contributed by atoms with Gasteiger partial charge in [-0.05, 0) is 55.7 Å². The zero-order valence-corrected chi connectivity index (χ0v) is 19.0. The summed E-state index contributed by atoms with van der Waals surface area (Å²) in [5, 5.41) is 6.17. The monoisotopic (exact) mass is 471 g/mol. The van der Waals surface area contributed by atoms with Gasteiger partial charge >= 0.3 is 0 Å². The highest BCUT2D eigenvalue weighted by Gasteiger charge is 2.39. The molecule has 2 bridgehead atoms. The Balaban J connectivity index is 0.00000128. The first kappa shape index (κ1) is 23.1. The van der Waals surface area contributed by atoms with Crippen molar-refractivity contribution in [2.45, 2.75) is 50.6 Å². The number of nitrogens with zero attached hydrogens (tertiary/aromatic N) is 1. The zero-order chi connectivity index (χ0) is 19.1. The van der Waals surface area contributed by atoms with E-state index in [1.165, 1.54) is 19.3 Å². The number of aromatic nitrogens is 1. The number of hydrogen-bond donors (Lipinski definition) is 2. The largest absolute Gasteiger partial charge is 0.454 e. The first-order valence-corrected chi connectivity index (χ1v) is 10.9. The summed E-state index contributed by atoms with van der Waals surface area (Å²) in [6.45, 7) is 0.260. The van der Waals surface area contributed by atoms with E-state index in [4.69, 9.17) is 15.2 Å². The van der Waals surface area contributed by atoms with Crippen LogP contribution < -0.4 is 20.5 Å². The molecule has 5 rings (SSSR count). The standard InChI is InChI=1S/C21H25N3O3S.2ClH/c22-15-6-12-2-1-3-13(7-15)20(12)24-19(25)9-16-10-28-21(23-16)14-4-5-17-18(8-14)27-11-26-17;;/h4-5,8,10,12-13,15,20H,1-3,6-7,9,11,22H2,(H,24,25);2*1H. The molecule has 1 aromatic heterocycles. The third kappa shape index (κ3) is 4.69. The van der Waals surface area contributed by atoms with Crippen molar-refractivity contribution in [1.82, 2.24) is 10.3 Å². The molecule has 3 N–H and O–H groups in total. The number of thiazole rings is 1. The molecule has 1 amide bonds. The van der Waals surface area contributed by atoms with Crippen LogP contribution in [0.3, 0.4) is 0 Å². The smallest absolute Gasteiger partial charge is 0.231 e. The van der Waals surface area contributed by atoms with Gasteiger partial charge in [-0.3, -0.25) is 4.79 Å². The molecule has 2 aromatic rings. The van der Waals surface area contributed by atoms with Crippen molar-refractivity contribution in [2.24, 2.45) is 17.6 Å². The Bertz CT molecular complexity index is 880. The van der Waals surface area contributed by atoms with Crippen molar-refractivity contribution < 1.29 is 14.3 Å². The minimum absolute atomic E-state index is 0. The van der Waals surface area contributed by atoms with Gasteiger partial charge in [0.15, 0.2) is 11.5 Å². The highest BCUT2D eigenvalue weighted by atomic mass is 35.5. The molecular weight excluding hydrogens is 445 g/mol. The second kappa shape index (κ2) is 9.73. The maximum Gasteiger partial charge on any atom is 0.231 e. The van der Waals surface area contributed by atoms with Crippen LogP contribution >= 0.6 is 36.2 Å². The maximum absolute atomic E-state index is 12.7. The van der Waals surface area contributed by atoms with Crippen LogP contribution in [0.15, 0.2) is 23.6 Å². The van der Waals surface area contributed by atoms with Crippen molar-refractivity contribution in [3.8, 4) is 22.1 Å². The molecule has 2 heterocycles. The number of carbonyl (C=O) groups excluding carboxylic acids is 1. The van der Waals surface area contributed by atoms with Crippen LogP contribution in [-0.2, 0) is 11.2 Å². The van der Waals surface area contributed by atoms with Gasteiger partial charge in [0.2, 0.25) is 12.7 Å². The van der Waals surface area contributed by atoms with Gasteiger partial charge in [0, 0.05) is 23.0 Å². The number of amides is 1. The first-order chi connectivity index (χ1) is 13.7. The number of fused-ring (bicyclic) bond motifs is 3. The third-order valence-corrected chi connectivity index (χ3v) is 7.16. The van der Waals surface area contributed by atoms with E-state index in [0.29, 0.717) is 24.3 Å². The molecular formula is C21H27Cl2N3O3S. The summed E-state index contributed by atoms with van der Waals surface area (Å²) < 4.78 is 10.8. The minimum Gasteiger partial charge on any atom is -0.454 e. The van der Waals surface area contributed by atoms with Crippen molar-refractivity contribution >= 4 is 42.1 Å². The molecule has 2 atom stereocenters. The molecule has 164 valence electrons. The molecule has 9 heteroatoms. The molecule has 2 saturated carbocycles. The van der Waals surface area contributed by atoms with Crippen LogP contribution in [0.25, 0.3) is 10.6 Å². The van der Waals surface area contributed by atoms with Gasteiger partial charge in [-0.1, -0.05) is 6.42 Å². The number of nitrogens with one attached hydrogen (secondary N) is 1. The Labute approximate surface area is 192 Å². The Hall–Kier alpha value is -1.54. The number of halogens is 2. The summed E-state index contributed by atoms with van der Waals surface area (Å²) in [6.07, 6.45) is 6.02. The molecule has 1 aliphatic heterocycles. The highest BCUT2D eigenvalue weighted by Crippen LogP contribution is 2.40. The predicted octanol–water partition coefficient (Wildman–Crippen LogP) is 3.95. The SMILES string of the molecule is Cl.Cl.NC1CC2CCCC(C1)C2NC(=O)Cc1csc(-c2ccc3c(c2)OCO3)n1. The number of benzene rings is 1. The average Bonchev–Trinajstić information content (AvgIpc) is 3.31. The van der Waals surface area contributed by atoms with E-state index in [1.807, 2.05) is 23.6 Å². The second-order valence-electron chi connectivity index (χ2n) is 8.16. The number of rotatable bonds is 4. The Morgan fingerprint density at radius 1 is 1.17 bits per heavy atom. The molecule has 2 unspecified atom stereocenters. The van der Waals surface area contributed by atoms with Gasteiger partial charge in [-0.2, -0.15) is 0 Å². The Morgan fingerprint density at radius 2 is 1.90 bits per heavy atom. The van der Waals surface area contributed by atoms with Crippen LogP contribution in [0, 0.1) is 11.8 Å². The molecule has 3 aliphatic rings. The van der Waals surface area contributed by atoms with Gasteiger partial charge in [0.25, 0.3) is 0 Å². The normalized spacial score (nSPS) is 26.3. The highest BCUT2D eigenvalue weighted by molar-refractivity contribution is 7.13. The lowest BCUT2D eigenvalue weighted by Gasteiger charge is -2.45. The molecule has 0 saturated heterocycles. The van der Waals surface area contributed by atoms with Gasteiger partial charge in [-0.15, -0.1) is 36.2 Å². The first-order valence-electron chi connectivity index (χ1n) is 10.0. The summed E-state index contributed by atoms with van der Waals surface area (Å²) in [5.74, 6) is 2.64. The molecule has 0 spiro atoms. The van der Waals surface area contributed by atoms with E-state index in [2.05, 4.69) is 10.3 Å². The molecule has 1 aromatic carbocycles. The van der Waals surface area contributed by atoms with E-state index in [0.717, 1.165) is 40.6 Å². The summed E-state index contributed by atoms with van der Waals surface area (Å²) in [7, 11) is 0. The van der Waals surface area contributed by atoms with Crippen LogP contribution in [-0.4, -0.2) is 29.8 Å². The van der Waals surface area contributed by atoms with E-state index >= 15 is 0 Å². The fraction of sp³-hybridized carbons (Fsp3) is 0.524. The van der Waals surface area contributed by atoms with Gasteiger partial charge in [0.1, 0.15) is 5.01 Å². The second-order valence-corrected chi connectivity index (χ2v) is 9.02. The predicted molar refractivity (Wildman–Crippen MR) is 122 cm³/mol. The van der Waals surface area contributed by atoms with E-state index in [9.17, 15) is 4.79 Å². The van der Waals surface area contributed by atoms with Crippen molar-refractivity contribution in [2.75, 3.05) is 6.79 Å². The fourth-order valence-corrected chi connectivity index (χ4v) is 5.79. The number of carbonyl (C=O) groups is 1. The summed E-state index contributed by atoms with van der Waals surface area (Å²) in [4.78, 5) is 17.3. The quantitative estimate of drug-likeness (QED) is 0.704. The summed E-state index contributed by atoms with van der Waals surface area (Å²) >= 11 is 1.55. The molecule has 2 aliphatic carbocycles. The van der Waals surface area contributed by atoms with E-state index in [1.54, 1.807) is 11.3 Å². The number of nitrogens with two attached hydrogens (primary N) is 1. The Kier molecular flexibility index (Phi) is 7.50. The average molecular weight is 472 g/mol. The fourth-order valence-electron chi connectivity index (χ4n) is 4.98. The zero-order valence-electron chi connectivity index (χ0n) is 16.5. The van der Waals surface area contributed by atoms with Gasteiger partial charge in [0.05, 0.1) is 12.1 Å². The third-order valence-electron chi connectivity index (χ3n) is 6.22. The molecule has 0 radical (unpaired) electrons. The molecule has 2 fully saturated rings. The van der Waals surface area contributed by atoms with Crippen LogP contribution in [0.4, 0.5) is 0 Å². The van der Waals surface area contributed by atoms with Crippen molar-refractivity contribution in [1.29, 1.82) is 0 Å². The minimum atomic E-state index is 0. The van der Waals surface area contributed by atoms with E-state index in [-0.39, 0.29) is 43.6 Å². The van der Waals surface area contributed by atoms with Crippen molar-refractivity contribution in [3.05, 3.63) is 29.3 Å².